The number of hydrogen-bond acceptors (Lipinski definition) is 5. The van der Waals surface area contributed by atoms with Crippen LogP contribution in [0.2, 0.25) is 0 Å². The maximum atomic E-state index is 14.0. The summed E-state index contributed by atoms with van der Waals surface area (Å²) in [6, 6.07) is 23.3. The largest absolute Gasteiger partial charge is 0.481 e. The molecule has 2 amide bonds. The summed E-state index contributed by atoms with van der Waals surface area (Å²) in [6.45, 7) is 2.22. The predicted molar refractivity (Wildman–Crippen MR) is 168 cm³/mol. The van der Waals surface area contributed by atoms with Gasteiger partial charge < -0.3 is 15.2 Å². The van der Waals surface area contributed by atoms with Crippen molar-refractivity contribution in [1.82, 2.24) is 5.01 Å². The summed E-state index contributed by atoms with van der Waals surface area (Å²) in [4.78, 5) is 38.5. The highest BCUT2D eigenvalue weighted by Crippen LogP contribution is 2.45. The maximum Gasteiger partial charge on any atom is 0.309 e. The van der Waals surface area contributed by atoms with Crippen LogP contribution >= 0.6 is 0 Å². The summed E-state index contributed by atoms with van der Waals surface area (Å²) in [5, 5.41) is 19.0. The lowest BCUT2D eigenvalue weighted by atomic mass is 9.65. The van der Waals surface area contributed by atoms with Crippen molar-refractivity contribution in [3.63, 3.8) is 0 Å². The molecule has 0 aromatic heterocycles. The minimum Gasteiger partial charge on any atom is -0.481 e. The van der Waals surface area contributed by atoms with Gasteiger partial charge in [0, 0.05) is 11.3 Å². The van der Waals surface area contributed by atoms with Crippen molar-refractivity contribution in [3.05, 3.63) is 101 Å². The number of nitrogens with one attached hydrogen (secondary N) is 1. The third-order valence-corrected chi connectivity index (χ3v) is 9.67. The van der Waals surface area contributed by atoms with Gasteiger partial charge in [0.1, 0.15) is 0 Å². The number of carbonyl (C=O) groups is 3. The molecule has 228 valence electrons. The zero-order chi connectivity index (χ0) is 30.7. The predicted octanol–water partition coefficient (Wildman–Crippen LogP) is 6.43. The van der Waals surface area contributed by atoms with Gasteiger partial charge in [0.25, 0.3) is 5.91 Å². The average molecular weight is 594 g/mol. The molecule has 0 radical (unpaired) electrons. The monoisotopic (exact) mass is 593 g/mol. The van der Waals surface area contributed by atoms with Crippen molar-refractivity contribution in [3.8, 4) is 0 Å². The van der Waals surface area contributed by atoms with E-state index in [2.05, 4.69) is 10.4 Å². The van der Waals surface area contributed by atoms with Crippen molar-refractivity contribution >= 4 is 29.4 Å². The Bertz CT molecular complexity index is 1560. The molecule has 3 aliphatic rings. The summed E-state index contributed by atoms with van der Waals surface area (Å²) in [5.41, 5.74) is 4.63. The summed E-state index contributed by atoms with van der Waals surface area (Å²) >= 11 is 0. The molecule has 0 unspecified atom stereocenters. The van der Waals surface area contributed by atoms with Crippen molar-refractivity contribution in [2.75, 3.05) is 11.9 Å². The summed E-state index contributed by atoms with van der Waals surface area (Å²) in [5.74, 6) is -0.621. The van der Waals surface area contributed by atoms with Gasteiger partial charge in [-0.05, 0) is 85.4 Å². The van der Waals surface area contributed by atoms with Crippen LogP contribution in [0.15, 0.2) is 77.9 Å². The standard InChI is InChI=1S/C36H39N3O5/c1-24-29(21-36(35(42)43)19-8-20-36)13-7-14-30(24)37-33(41)32(26-9-5-6-10-26)27-17-15-25(16-18-27)22-39-31(40)23-44-34(38-39)28-11-3-2-4-12-28/h2-4,7,11-18,26,32H,5-6,8-10,19-23H2,1H3,(H,37,41)(H,42,43)/t32-/m0/s1. The van der Waals surface area contributed by atoms with Gasteiger partial charge >= 0.3 is 5.97 Å². The molecule has 2 saturated carbocycles. The lowest BCUT2D eigenvalue weighted by Gasteiger charge is -2.38. The fraction of sp³-hybridized carbons (Fsp3) is 0.389. The lowest BCUT2D eigenvalue weighted by Crippen LogP contribution is -2.40. The Labute approximate surface area is 258 Å². The van der Waals surface area contributed by atoms with E-state index in [-0.39, 0.29) is 30.3 Å². The number of carbonyl (C=O) groups excluding carboxylic acids is 2. The van der Waals surface area contributed by atoms with Crippen LogP contribution in [-0.4, -0.2) is 40.4 Å². The van der Waals surface area contributed by atoms with E-state index in [1.165, 1.54) is 5.01 Å². The number of hydrogen-bond donors (Lipinski definition) is 2. The van der Waals surface area contributed by atoms with Gasteiger partial charge in [-0.2, -0.15) is 0 Å². The minimum absolute atomic E-state index is 0.0399. The first-order chi connectivity index (χ1) is 21.3. The number of aliphatic carboxylic acids is 1. The SMILES string of the molecule is Cc1c(CC2(C(=O)O)CCC2)cccc1NC(=O)[C@H](c1ccc(CN2N=C(c3ccccc3)OCC2=O)cc1)C1CCCC1. The number of benzene rings is 3. The van der Waals surface area contributed by atoms with Gasteiger partial charge in [0.2, 0.25) is 11.8 Å². The molecule has 44 heavy (non-hydrogen) atoms. The van der Waals surface area contributed by atoms with E-state index < -0.39 is 11.4 Å². The first-order valence-corrected chi connectivity index (χ1v) is 15.6. The van der Waals surface area contributed by atoms with E-state index in [0.717, 1.165) is 65.6 Å². The molecule has 3 aromatic carbocycles. The molecular weight excluding hydrogens is 554 g/mol. The quantitative estimate of drug-likeness (QED) is 0.282. The highest BCUT2D eigenvalue weighted by molar-refractivity contribution is 5.98. The summed E-state index contributed by atoms with van der Waals surface area (Å²) in [6.07, 6.45) is 7.02. The highest BCUT2D eigenvalue weighted by Gasteiger charge is 2.44. The van der Waals surface area contributed by atoms with Crippen LogP contribution in [0.5, 0.6) is 0 Å². The van der Waals surface area contributed by atoms with Gasteiger partial charge in [-0.15, -0.1) is 5.10 Å². The van der Waals surface area contributed by atoms with Crippen molar-refractivity contribution in [2.24, 2.45) is 16.4 Å². The van der Waals surface area contributed by atoms with Crippen LogP contribution in [0.3, 0.4) is 0 Å². The molecule has 6 rings (SSSR count). The fourth-order valence-electron chi connectivity index (χ4n) is 6.83. The first kappa shape index (κ1) is 29.6. The number of anilines is 1. The molecule has 8 nitrogen and oxygen atoms in total. The molecule has 0 spiro atoms. The van der Waals surface area contributed by atoms with Gasteiger partial charge in [-0.3, -0.25) is 14.4 Å². The Morgan fingerprint density at radius 2 is 1.73 bits per heavy atom. The molecule has 3 aromatic rings. The van der Waals surface area contributed by atoms with Gasteiger partial charge in [-0.1, -0.05) is 73.9 Å². The number of carboxylic acid groups (broad SMARTS) is 1. The fourth-order valence-corrected chi connectivity index (χ4v) is 6.83. The third kappa shape index (κ3) is 6.11. The van der Waals surface area contributed by atoms with E-state index in [1.807, 2.05) is 79.7 Å². The second kappa shape index (κ2) is 12.6. The molecule has 8 heteroatoms. The molecular formula is C36H39N3O5. The van der Waals surface area contributed by atoms with E-state index in [0.29, 0.717) is 31.7 Å². The minimum atomic E-state index is -0.733. The van der Waals surface area contributed by atoms with Crippen LogP contribution in [0.1, 0.15) is 78.7 Å². The van der Waals surface area contributed by atoms with Crippen LogP contribution in [0.4, 0.5) is 5.69 Å². The first-order valence-electron chi connectivity index (χ1n) is 15.6. The van der Waals surface area contributed by atoms with Gasteiger partial charge in [0.05, 0.1) is 17.9 Å². The van der Waals surface area contributed by atoms with Crippen LogP contribution in [0.25, 0.3) is 0 Å². The molecule has 0 saturated heterocycles. The Kier molecular flexibility index (Phi) is 8.51. The molecule has 1 aliphatic heterocycles. The Hall–Kier alpha value is -4.46. The number of hydrazone groups is 1. The molecule has 1 atom stereocenters. The van der Waals surface area contributed by atoms with E-state index in [1.54, 1.807) is 0 Å². The average Bonchev–Trinajstić information content (AvgIpc) is 3.53. The second-order valence-electron chi connectivity index (χ2n) is 12.5. The molecule has 1 heterocycles. The lowest BCUT2D eigenvalue weighted by molar-refractivity contribution is -0.154. The number of rotatable bonds is 10. The summed E-state index contributed by atoms with van der Waals surface area (Å²) < 4.78 is 5.57. The number of carboxylic acids is 1. The Balaban J connectivity index is 1.19. The third-order valence-electron chi connectivity index (χ3n) is 9.67. The molecule has 0 bridgehead atoms. The van der Waals surface area contributed by atoms with E-state index >= 15 is 0 Å². The number of nitrogens with zero attached hydrogens (tertiary/aromatic N) is 2. The normalized spacial score (nSPS) is 18.6. The van der Waals surface area contributed by atoms with E-state index in [9.17, 15) is 19.5 Å². The number of ether oxygens (including phenoxy) is 1. The maximum absolute atomic E-state index is 14.0. The van der Waals surface area contributed by atoms with Gasteiger partial charge in [-0.25, -0.2) is 5.01 Å². The summed E-state index contributed by atoms with van der Waals surface area (Å²) in [7, 11) is 0. The van der Waals surface area contributed by atoms with Crippen molar-refractivity contribution < 1.29 is 24.2 Å². The van der Waals surface area contributed by atoms with Crippen molar-refractivity contribution in [2.45, 2.75) is 70.8 Å². The second-order valence-corrected chi connectivity index (χ2v) is 12.5. The van der Waals surface area contributed by atoms with E-state index in [4.69, 9.17) is 4.74 Å². The van der Waals surface area contributed by atoms with Crippen LogP contribution in [0, 0.1) is 18.3 Å². The Morgan fingerprint density at radius 3 is 2.39 bits per heavy atom. The zero-order valence-corrected chi connectivity index (χ0v) is 25.1. The number of amides is 2. The zero-order valence-electron chi connectivity index (χ0n) is 25.1. The Morgan fingerprint density at radius 1 is 1.00 bits per heavy atom. The topological polar surface area (TPSA) is 108 Å². The van der Waals surface area contributed by atoms with Gasteiger partial charge in [0.15, 0.2) is 6.61 Å². The molecule has 2 fully saturated rings. The molecule has 2 aliphatic carbocycles. The van der Waals surface area contributed by atoms with Crippen molar-refractivity contribution in [1.29, 1.82) is 0 Å². The van der Waals surface area contributed by atoms with Crippen LogP contribution < -0.4 is 5.32 Å². The highest BCUT2D eigenvalue weighted by atomic mass is 16.5. The molecule has 2 N–H and O–H groups in total. The van der Waals surface area contributed by atoms with Crippen LogP contribution in [-0.2, 0) is 32.1 Å². The smallest absolute Gasteiger partial charge is 0.309 e.